The van der Waals surface area contributed by atoms with Crippen molar-refractivity contribution in [2.24, 2.45) is 4.99 Å². The monoisotopic (exact) mass is 364 g/mol. The maximum atomic E-state index is 4.71. The van der Waals surface area contributed by atoms with Gasteiger partial charge in [-0.05, 0) is 17.7 Å². The van der Waals surface area contributed by atoms with Crippen molar-refractivity contribution in [2.75, 3.05) is 19.3 Å². The first-order valence-electron chi connectivity index (χ1n) is 8.76. The zero-order chi connectivity index (χ0) is 18.0. The average molecular weight is 365 g/mol. The molecule has 0 bridgehead atoms. The molecule has 0 saturated heterocycles. The second-order valence-corrected chi connectivity index (χ2v) is 6.99. The van der Waals surface area contributed by atoms with E-state index in [-0.39, 0.29) is 0 Å². The zero-order valence-electron chi connectivity index (χ0n) is 15.0. The third-order valence-electron chi connectivity index (χ3n) is 3.97. The van der Waals surface area contributed by atoms with Crippen molar-refractivity contribution >= 4 is 28.6 Å². The summed E-state index contributed by atoms with van der Waals surface area (Å²) < 4.78 is 0. The second-order valence-electron chi connectivity index (χ2n) is 5.89. The van der Waals surface area contributed by atoms with Crippen molar-refractivity contribution in [2.45, 2.75) is 12.3 Å². The second kappa shape index (κ2) is 9.82. The van der Waals surface area contributed by atoms with Crippen molar-refractivity contribution < 1.29 is 0 Å². The Kier molecular flexibility index (Phi) is 6.90. The van der Waals surface area contributed by atoms with Crippen LogP contribution in [-0.4, -0.2) is 30.3 Å². The Morgan fingerprint density at radius 1 is 0.962 bits per heavy atom. The summed E-state index contributed by atoms with van der Waals surface area (Å²) in [7, 11) is 1.80. The molecular weight excluding hydrogens is 340 g/mol. The van der Waals surface area contributed by atoms with E-state index in [0.717, 1.165) is 41.8 Å². The molecule has 0 amide bonds. The van der Waals surface area contributed by atoms with Crippen LogP contribution >= 0.6 is 11.8 Å². The standard InChI is InChI=1S/C21H24N4S/c1-22-21(24-15-17-7-3-2-4-8-17)23-13-14-26-16-19-12-11-18-9-5-6-10-20(18)25-19/h2-12H,13-16H2,1H3,(H2,22,23,24). The van der Waals surface area contributed by atoms with E-state index >= 15 is 0 Å². The van der Waals surface area contributed by atoms with Gasteiger partial charge in [-0.25, -0.2) is 0 Å². The molecular formula is C21H24N4S. The third-order valence-corrected chi connectivity index (χ3v) is 4.96. The molecule has 0 aliphatic rings. The fourth-order valence-electron chi connectivity index (χ4n) is 2.61. The quantitative estimate of drug-likeness (QED) is 0.380. The largest absolute Gasteiger partial charge is 0.356 e. The predicted molar refractivity (Wildman–Crippen MR) is 113 cm³/mol. The summed E-state index contributed by atoms with van der Waals surface area (Å²) in [5.74, 6) is 2.75. The van der Waals surface area contributed by atoms with Crippen LogP contribution in [0.2, 0.25) is 0 Å². The van der Waals surface area contributed by atoms with E-state index in [1.807, 2.05) is 42.1 Å². The molecule has 0 aliphatic heterocycles. The minimum atomic E-state index is 0.772. The van der Waals surface area contributed by atoms with E-state index in [1.54, 1.807) is 7.05 Å². The molecule has 0 aliphatic carbocycles. The van der Waals surface area contributed by atoms with Crippen molar-refractivity contribution in [3.63, 3.8) is 0 Å². The Labute approximate surface area is 159 Å². The van der Waals surface area contributed by atoms with Crippen LogP contribution in [0.25, 0.3) is 10.9 Å². The average Bonchev–Trinajstić information content (AvgIpc) is 2.70. The Bertz CT molecular complexity index is 849. The number of aliphatic imine (C=N–C) groups is 1. The van der Waals surface area contributed by atoms with Gasteiger partial charge >= 0.3 is 0 Å². The maximum Gasteiger partial charge on any atom is 0.191 e. The lowest BCUT2D eigenvalue weighted by atomic mass is 10.2. The van der Waals surface area contributed by atoms with Gasteiger partial charge in [0, 0.05) is 37.0 Å². The molecule has 5 heteroatoms. The minimum absolute atomic E-state index is 0.772. The SMILES string of the molecule is CN=C(NCCSCc1ccc2ccccc2n1)NCc1ccccc1. The number of aromatic nitrogens is 1. The van der Waals surface area contributed by atoms with Crippen LogP contribution in [0.1, 0.15) is 11.3 Å². The molecule has 0 radical (unpaired) electrons. The predicted octanol–water partition coefficient (Wildman–Crippen LogP) is 3.83. The first-order valence-corrected chi connectivity index (χ1v) is 9.91. The fourth-order valence-corrected chi connectivity index (χ4v) is 3.37. The van der Waals surface area contributed by atoms with Gasteiger partial charge in [0.05, 0.1) is 11.2 Å². The molecule has 0 spiro atoms. The van der Waals surface area contributed by atoms with Gasteiger partial charge in [0.15, 0.2) is 5.96 Å². The molecule has 0 unspecified atom stereocenters. The highest BCUT2D eigenvalue weighted by Crippen LogP contribution is 2.15. The molecule has 0 atom stereocenters. The fraction of sp³-hybridized carbons (Fsp3) is 0.238. The number of para-hydroxylation sites is 1. The normalized spacial score (nSPS) is 11.5. The van der Waals surface area contributed by atoms with Gasteiger partial charge in [0.1, 0.15) is 0 Å². The summed E-state index contributed by atoms with van der Waals surface area (Å²) in [6.07, 6.45) is 0. The van der Waals surface area contributed by atoms with Crippen LogP contribution in [0.15, 0.2) is 71.7 Å². The Morgan fingerprint density at radius 3 is 2.62 bits per heavy atom. The van der Waals surface area contributed by atoms with Crippen molar-refractivity contribution in [1.82, 2.24) is 15.6 Å². The van der Waals surface area contributed by atoms with Gasteiger partial charge in [-0.2, -0.15) is 11.8 Å². The number of hydrogen-bond donors (Lipinski definition) is 2. The van der Waals surface area contributed by atoms with Crippen molar-refractivity contribution in [3.05, 3.63) is 78.0 Å². The van der Waals surface area contributed by atoms with Gasteiger partial charge in [0.25, 0.3) is 0 Å². The lowest BCUT2D eigenvalue weighted by molar-refractivity contribution is 0.832. The lowest BCUT2D eigenvalue weighted by Gasteiger charge is -2.11. The highest BCUT2D eigenvalue weighted by atomic mass is 32.2. The van der Waals surface area contributed by atoms with Gasteiger partial charge in [-0.15, -0.1) is 0 Å². The van der Waals surface area contributed by atoms with Gasteiger partial charge in [-0.1, -0.05) is 54.6 Å². The molecule has 1 heterocycles. The molecule has 3 aromatic rings. The van der Waals surface area contributed by atoms with E-state index in [4.69, 9.17) is 4.98 Å². The van der Waals surface area contributed by atoms with Gasteiger partial charge < -0.3 is 10.6 Å². The molecule has 2 aromatic carbocycles. The number of fused-ring (bicyclic) bond motifs is 1. The van der Waals surface area contributed by atoms with E-state index in [1.165, 1.54) is 10.9 Å². The Balaban J connectivity index is 1.37. The van der Waals surface area contributed by atoms with Crippen LogP contribution in [-0.2, 0) is 12.3 Å². The number of rotatable bonds is 7. The van der Waals surface area contributed by atoms with Crippen LogP contribution in [0.3, 0.4) is 0 Å². The van der Waals surface area contributed by atoms with Crippen LogP contribution in [0, 0.1) is 0 Å². The molecule has 2 N–H and O–H groups in total. The molecule has 0 saturated carbocycles. The maximum absolute atomic E-state index is 4.71. The molecule has 3 rings (SSSR count). The topological polar surface area (TPSA) is 49.3 Å². The summed E-state index contributed by atoms with van der Waals surface area (Å²) in [5.41, 5.74) is 3.43. The smallest absolute Gasteiger partial charge is 0.191 e. The summed E-state index contributed by atoms with van der Waals surface area (Å²) in [6.45, 7) is 1.64. The lowest BCUT2D eigenvalue weighted by Crippen LogP contribution is -2.37. The van der Waals surface area contributed by atoms with E-state index in [2.05, 4.69) is 52.0 Å². The van der Waals surface area contributed by atoms with Crippen LogP contribution in [0.5, 0.6) is 0 Å². The number of thioether (sulfide) groups is 1. The first-order chi connectivity index (χ1) is 12.8. The molecule has 26 heavy (non-hydrogen) atoms. The Morgan fingerprint density at radius 2 is 1.77 bits per heavy atom. The molecule has 4 nitrogen and oxygen atoms in total. The molecule has 1 aromatic heterocycles. The minimum Gasteiger partial charge on any atom is -0.356 e. The van der Waals surface area contributed by atoms with E-state index in [9.17, 15) is 0 Å². The molecule has 0 fully saturated rings. The highest BCUT2D eigenvalue weighted by molar-refractivity contribution is 7.98. The highest BCUT2D eigenvalue weighted by Gasteiger charge is 2.00. The first kappa shape index (κ1) is 18.3. The number of benzene rings is 2. The van der Waals surface area contributed by atoms with E-state index < -0.39 is 0 Å². The van der Waals surface area contributed by atoms with Crippen LogP contribution in [0.4, 0.5) is 0 Å². The summed E-state index contributed by atoms with van der Waals surface area (Å²) in [4.78, 5) is 8.98. The third kappa shape index (κ3) is 5.49. The van der Waals surface area contributed by atoms with Crippen molar-refractivity contribution in [1.29, 1.82) is 0 Å². The Hall–Kier alpha value is -2.53. The van der Waals surface area contributed by atoms with Crippen molar-refractivity contribution in [3.8, 4) is 0 Å². The van der Waals surface area contributed by atoms with Crippen LogP contribution < -0.4 is 10.6 Å². The van der Waals surface area contributed by atoms with Gasteiger partial charge in [0.2, 0.25) is 0 Å². The number of nitrogens with one attached hydrogen (secondary N) is 2. The summed E-state index contributed by atoms with van der Waals surface area (Å²) in [5, 5.41) is 7.88. The van der Waals surface area contributed by atoms with Gasteiger partial charge in [-0.3, -0.25) is 9.98 Å². The van der Waals surface area contributed by atoms with E-state index in [0.29, 0.717) is 0 Å². The number of pyridine rings is 1. The summed E-state index contributed by atoms with van der Waals surface area (Å²) in [6, 6.07) is 22.8. The number of guanidine groups is 1. The zero-order valence-corrected chi connectivity index (χ0v) is 15.8. The summed E-state index contributed by atoms with van der Waals surface area (Å²) >= 11 is 1.87. The number of nitrogens with zero attached hydrogens (tertiary/aromatic N) is 2. The molecule has 134 valence electrons. The number of hydrogen-bond acceptors (Lipinski definition) is 3.